The van der Waals surface area contributed by atoms with Crippen LogP contribution in [-0.4, -0.2) is 73.5 Å². The van der Waals surface area contributed by atoms with Crippen molar-refractivity contribution < 1.29 is 32.6 Å². The van der Waals surface area contributed by atoms with Crippen LogP contribution in [0, 0.1) is 6.92 Å². The highest BCUT2D eigenvalue weighted by atomic mass is 19.3. The fraction of sp³-hybridized carbons (Fsp3) is 0.412. The van der Waals surface area contributed by atoms with Crippen LogP contribution in [0.3, 0.4) is 0 Å². The molecule has 0 aromatic heterocycles. The smallest absolute Gasteiger partial charge is 0.412 e. The molecule has 0 saturated carbocycles. The van der Waals surface area contributed by atoms with E-state index in [1.54, 1.807) is 49.9 Å². The highest BCUT2D eigenvalue weighted by molar-refractivity contribution is 6.04. The summed E-state index contributed by atoms with van der Waals surface area (Å²) in [7, 11) is 0. The molecule has 11 heteroatoms. The average molecular weight is 625 g/mol. The number of morpholine rings is 1. The van der Waals surface area contributed by atoms with Crippen molar-refractivity contribution in [3.63, 3.8) is 0 Å². The minimum atomic E-state index is -2.98. The maximum absolute atomic E-state index is 14.7. The highest BCUT2D eigenvalue weighted by Crippen LogP contribution is 2.35. The number of hydrogen-bond acceptors (Lipinski definition) is 6. The Kier molecular flexibility index (Phi) is 11.7. The first-order valence-corrected chi connectivity index (χ1v) is 15.1. The molecule has 1 aliphatic heterocycles. The Hall–Kier alpha value is -4.22. The number of anilines is 3. The average Bonchev–Trinajstić information content (AvgIpc) is 2.99. The van der Waals surface area contributed by atoms with E-state index in [0.29, 0.717) is 43.4 Å². The number of rotatable bonds is 11. The monoisotopic (exact) mass is 624 g/mol. The van der Waals surface area contributed by atoms with E-state index in [1.807, 2.05) is 31.2 Å². The van der Waals surface area contributed by atoms with Gasteiger partial charge >= 0.3 is 18.7 Å². The number of carbonyl (C=O) groups is 2. The molecule has 0 unspecified atom stereocenters. The van der Waals surface area contributed by atoms with E-state index in [4.69, 9.17) is 9.47 Å². The first-order valence-electron chi connectivity index (χ1n) is 15.1. The molecule has 9 nitrogen and oxygen atoms in total. The lowest BCUT2D eigenvalue weighted by Crippen LogP contribution is -2.43. The third kappa shape index (κ3) is 10.4. The Morgan fingerprint density at radius 3 is 2.29 bits per heavy atom. The van der Waals surface area contributed by atoms with Crippen molar-refractivity contribution in [1.82, 2.24) is 9.80 Å². The summed E-state index contributed by atoms with van der Waals surface area (Å²) in [5.74, 6) is -0.0386. The lowest BCUT2D eigenvalue weighted by Gasteiger charge is -2.33. The molecule has 242 valence electrons. The molecule has 45 heavy (non-hydrogen) atoms. The van der Waals surface area contributed by atoms with Gasteiger partial charge in [-0.3, -0.25) is 15.1 Å². The molecule has 1 saturated heterocycles. The van der Waals surface area contributed by atoms with Crippen LogP contribution in [-0.2, 0) is 16.0 Å². The minimum Gasteiger partial charge on any atom is -0.444 e. The molecule has 0 spiro atoms. The van der Waals surface area contributed by atoms with Crippen molar-refractivity contribution in [2.75, 3.05) is 49.6 Å². The Morgan fingerprint density at radius 1 is 0.978 bits per heavy atom. The van der Waals surface area contributed by atoms with E-state index in [-0.39, 0.29) is 11.8 Å². The molecule has 1 N–H and O–H groups in total. The molecule has 0 radical (unpaired) electrons. The number of halogens is 2. The van der Waals surface area contributed by atoms with Gasteiger partial charge < -0.3 is 19.1 Å². The second kappa shape index (κ2) is 15.7. The Morgan fingerprint density at radius 2 is 1.64 bits per heavy atom. The number of alkyl halides is 2. The minimum absolute atomic E-state index is 0.0386. The lowest BCUT2D eigenvalue weighted by molar-refractivity contribution is -0.0498. The first kappa shape index (κ1) is 33.7. The number of urea groups is 1. The van der Waals surface area contributed by atoms with Gasteiger partial charge in [-0.05, 0) is 76.1 Å². The molecular weight excluding hydrogens is 582 g/mol. The topological polar surface area (TPSA) is 83.6 Å². The normalized spacial score (nSPS) is 13.8. The number of benzene rings is 3. The van der Waals surface area contributed by atoms with Crippen molar-refractivity contribution >= 4 is 29.2 Å². The molecule has 0 aliphatic carbocycles. The van der Waals surface area contributed by atoms with Gasteiger partial charge in [-0.1, -0.05) is 42.0 Å². The van der Waals surface area contributed by atoms with E-state index in [2.05, 4.69) is 15.0 Å². The summed E-state index contributed by atoms with van der Waals surface area (Å²) >= 11 is 0. The van der Waals surface area contributed by atoms with Crippen molar-refractivity contribution in [3.8, 4) is 5.75 Å². The summed E-state index contributed by atoms with van der Waals surface area (Å²) in [5.41, 5.74) is 2.47. The van der Waals surface area contributed by atoms with E-state index in [0.717, 1.165) is 37.2 Å². The van der Waals surface area contributed by atoms with Gasteiger partial charge in [0.05, 0.1) is 30.3 Å². The number of carbonyl (C=O) groups excluding carboxylic acids is 2. The standard InChI is InChI=1S/C34H42F2N4O5/c1-25-10-12-26(13-11-25)24-39(19-7-18-38-20-22-43-23-21-38)33(42)40(27-14-16-28(17-15-27)44-31(35)36)30-9-6-5-8-29(30)37-32(41)45-34(2,3)4/h5-6,8-17,31H,7,18-24H2,1-4H3,(H,37,41). The molecule has 1 aliphatic rings. The van der Waals surface area contributed by atoms with Gasteiger partial charge in [0.1, 0.15) is 11.4 Å². The predicted octanol–water partition coefficient (Wildman–Crippen LogP) is 7.43. The van der Waals surface area contributed by atoms with E-state index in [1.165, 1.54) is 29.2 Å². The van der Waals surface area contributed by atoms with Crippen LogP contribution in [0.5, 0.6) is 5.75 Å². The van der Waals surface area contributed by atoms with Crippen LogP contribution in [0.1, 0.15) is 38.3 Å². The van der Waals surface area contributed by atoms with Crippen molar-refractivity contribution in [3.05, 3.63) is 83.9 Å². The molecule has 1 fully saturated rings. The summed E-state index contributed by atoms with van der Waals surface area (Å²) in [6.45, 7) is 8.96. The number of hydrogen-bond donors (Lipinski definition) is 1. The van der Waals surface area contributed by atoms with Gasteiger partial charge in [-0.25, -0.2) is 9.59 Å². The second-order valence-corrected chi connectivity index (χ2v) is 11.8. The maximum Gasteiger partial charge on any atom is 0.412 e. The summed E-state index contributed by atoms with van der Waals surface area (Å²) in [5, 5.41) is 2.77. The van der Waals surface area contributed by atoms with Crippen molar-refractivity contribution in [1.29, 1.82) is 0 Å². The zero-order valence-corrected chi connectivity index (χ0v) is 26.3. The van der Waals surface area contributed by atoms with Gasteiger partial charge in [0.25, 0.3) is 0 Å². The quantitative estimate of drug-likeness (QED) is 0.239. The lowest BCUT2D eigenvalue weighted by atomic mass is 10.1. The molecule has 0 atom stereocenters. The van der Waals surface area contributed by atoms with Crippen LogP contribution in [0.15, 0.2) is 72.8 Å². The summed E-state index contributed by atoms with van der Waals surface area (Å²) in [6, 6.07) is 20.4. The summed E-state index contributed by atoms with van der Waals surface area (Å²) in [6.07, 6.45) is 0.0507. The third-order valence-corrected chi connectivity index (χ3v) is 7.06. The van der Waals surface area contributed by atoms with Crippen LogP contribution in [0.2, 0.25) is 0 Å². The van der Waals surface area contributed by atoms with Gasteiger partial charge in [-0.2, -0.15) is 8.78 Å². The van der Waals surface area contributed by atoms with Crippen LogP contribution in [0.4, 0.5) is 35.4 Å². The van der Waals surface area contributed by atoms with Crippen LogP contribution >= 0.6 is 0 Å². The molecule has 3 aromatic carbocycles. The first-order chi connectivity index (χ1) is 21.5. The Balaban J connectivity index is 1.70. The highest BCUT2D eigenvalue weighted by Gasteiger charge is 2.28. The largest absolute Gasteiger partial charge is 0.444 e. The van der Waals surface area contributed by atoms with Gasteiger partial charge in [0.15, 0.2) is 0 Å². The van der Waals surface area contributed by atoms with E-state index < -0.39 is 18.3 Å². The SMILES string of the molecule is Cc1ccc(CN(CCCN2CCOCC2)C(=O)N(c2ccc(OC(F)F)cc2)c2ccccc2NC(=O)OC(C)(C)C)cc1. The number of nitrogens with one attached hydrogen (secondary N) is 1. The fourth-order valence-electron chi connectivity index (χ4n) is 4.92. The molecule has 4 rings (SSSR count). The van der Waals surface area contributed by atoms with Crippen LogP contribution < -0.4 is 15.0 Å². The van der Waals surface area contributed by atoms with Crippen LogP contribution in [0.25, 0.3) is 0 Å². The number of aryl methyl sites for hydroxylation is 1. The molecule has 3 amide bonds. The van der Waals surface area contributed by atoms with E-state index >= 15 is 0 Å². The second-order valence-electron chi connectivity index (χ2n) is 11.8. The van der Waals surface area contributed by atoms with E-state index in [9.17, 15) is 18.4 Å². The van der Waals surface area contributed by atoms with Crippen molar-refractivity contribution in [2.24, 2.45) is 0 Å². The number of amides is 3. The molecular formula is C34H42F2N4O5. The Labute approximate surface area is 263 Å². The number of nitrogens with zero attached hydrogens (tertiary/aromatic N) is 3. The molecule has 0 bridgehead atoms. The molecule has 1 heterocycles. The van der Waals surface area contributed by atoms with Crippen molar-refractivity contribution in [2.45, 2.75) is 52.9 Å². The number of ether oxygens (including phenoxy) is 3. The van der Waals surface area contributed by atoms with Gasteiger partial charge in [0, 0.05) is 32.7 Å². The fourth-order valence-corrected chi connectivity index (χ4v) is 4.92. The zero-order chi connectivity index (χ0) is 32.4. The Bertz CT molecular complexity index is 1390. The van der Waals surface area contributed by atoms with Gasteiger partial charge in [0.2, 0.25) is 0 Å². The van der Waals surface area contributed by atoms with Gasteiger partial charge in [-0.15, -0.1) is 0 Å². The molecule has 3 aromatic rings. The maximum atomic E-state index is 14.7. The number of para-hydroxylation sites is 2. The summed E-state index contributed by atoms with van der Waals surface area (Å²) < 4.78 is 41.3. The zero-order valence-electron chi connectivity index (χ0n) is 26.3. The summed E-state index contributed by atoms with van der Waals surface area (Å²) in [4.78, 5) is 33.0. The third-order valence-electron chi connectivity index (χ3n) is 7.06. The predicted molar refractivity (Wildman–Crippen MR) is 170 cm³/mol.